The highest BCUT2D eigenvalue weighted by Gasteiger charge is 1.91. The van der Waals surface area contributed by atoms with E-state index < -0.39 is 0 Å². The first kappa shape index (κ1) is 6.07. The Morgan fingerprint density at radius 2 is 2.67 bits per heavy atom. The van der Waals surface area contributed by atoms with Gasteiger partial charge in [-0.15, -0.1) is 5.10 Å². The van der Waals surface area contributed by atoms with Gasteiger partial charge in [0, 0.05) is 0 Å². The first-order valence-electron chi connectivity index (χ1n) is 2.85. The van der Waals surface area contributed by atoms with Gasteiger partial charge in [-0.3, -0.25) is 0 Å². The molecular weight excluding hydrogens is 118 g/mol. The minimum atomic E-state index is 0.511. The lowest BCUT2D eigenvalue weighted by Crippen LogP contribution is -1.94. The van der Waals surface area contributed by atoms with Crippen molar-refractivity contribution < 1.29 is 4.74 Å². The van der Waals surface area contributed by atoms with Crippen molar-refractivity contribution in [3.63, 3.8) is 0 Å². The smallest absolute Gasteiger partial charge is 0.240 e. The van der Waals surface area contributed by atoms with Crippen LogP contribution in [0.5, 0.6) is 5.88 Å². The van der Waals surface area contributed by atoms with E-state index in [9.17, 15) is 0 Å². The molecule has 0 spiro atoms. The largest absolute Gasteiger partial charge is 0.476 e. The van der Waals surface area contributed by atoms with Crippen molar-refractivity contribution in [2.24, 2.45) is 0 Å². The van der Waals surface area contributed by atoms with Gasteiger partial charge in [-0.05, 0) is 6.42 Å². The van der Waals surface area contributed by atoms with E-state index in [1.54, 1.807) is 0 Å². The number of hydrogen-bond donors (Lipinski definition) is 1. The van der Waals surface area contributed by atoms with E-state index in [-0.39, 0.29) is 0 Å². The van der Waals surface area contributed by atoms with Crippen LogP contribution in [-0.2, 0) is 0 Å². The van der Waals surface area contributed by atoms with E-state index in [0.29, 0.717) is 12.5 Å². The molecule has 1 rings (SSSR count). The SMILES string of the molecule is CCCOc1[c]nn[nH]1. The van der Waals surface area contributed by atoms with Crippen LogP contribution in [0.1, 0.15) is 13.3 Å². The summed E-state index contributed by atoms with van der Waals surface area (Å²) in [5.41, 5.74) is 0. The fourth-order valence-electron chi connectivity index (χ4n) is 0.434. The average molecular weight is 126 g/mol. The highest BCUT2D eigenvalue weighted by molar-refractivity contribution is 4.94. The zero-order valence-electron chi connectivity index (χ0n) is 5.22. The van der Waals surface area contributed by atoms with Crippen molar-refractivity contribution in [3.8, 4) is 5.88 Å². The summed E-state index contributed by atoms with van der Waals surface area (Å²) in [4.78, 5) is 0. The van der Waals surface area contributed by atoms with Crippen LogP contribution in [0.25, 0.3) is 0 Å². The Labute approximate surface area is 53.2 Å². The Morgan fingerprint density at radius 1 is 1.78 bits per heavy atom. The number of H-pyrrole nitrogens is 1. The zero-order chi connectivity index (χ0) is 6.53. The summed E-state index contributed by atoms with van der Waals surface area (Å²) in [6.45, 7) is 2.71. The fraction of sp³-hybridized carbons (Fsp3) is 0.600. The fourth-order valence-corrected chi connectivity index (χ4v) is 0.434. The maximum Gasteiger partial charge on any atom is 0.240 e. The van der Waals surface area contributed by atoms with E-state index in [2.05, 4.69) is 21.6 Å². The summed E-state index contributed by atoms with van der Waals surface area (Å²) in [7, 11) is 0. The number of aromatic nitrogens is 3. The van der Waals surface area contributed by atoms with E-state index in [4.69, 9.17) is 4.74 Å². The molecular formula is C5H8N3O. The molecule has 0 saturated carbocycles. The van der Waals surface area contributed by atoms with Crippen molar-refractivity contribution in [1.82, 2.24) is 15.4 Å². The molecule has 0 aliphatic carbocycles. The monoisotopic (exact) mass is 126 g/mol. The van der Waals surface area contributed by atoms with E-state index in [1.807, 2.05) is 6.92 Å². The van der Waals surface area contributed by atoms with Gasteiger partial charge < -0.3 is 4.74 Å². The van der Waals surface area contributed by atoms with Gasteiger partial charge in [-0.25, -0.2) is 5.10 Å². The number of aromatic amines is 1. The zero-order valence-corrected chi connectivity index (χ0v) is 5.22. The summed E-state index contributed by atoms with van der Waals surface area (Å²) in [6.07, 6.45) is 3.51. The van der Waals surface area contributed by atoms with Crippen LogP contribution in [0.4, 0.5) is 0 Å². The third-order valence-corrected chi connectivity index (χ3v) is 0.804. The summed E-state index contributed by atoms with van der Waals surface area (Å²) < 4.78 is 5.06. The second-order valence-corrected chi connectivity index (χ2v) is 1.60. The van der Waals surface area contributed by atoms with Gasteiger partial charge >= 0.3 is 0 Å². The predicted octanol–water partition coefficient (Wildman–Crippen LogP) is 0.394. The molecule has 0 aromatic carbocycles. The van der Waals surface area contributed by atoms with Gasteiger partial charge in [0.15, 0.2) is 6.20 Å². The summed E-state index contributed by atoms with van der Waals surface area (Å²) >= 11 is 0. The normalized spacial score (nSPS) is 9.44. The predicted molar refractivity (Wildman–Crippen MR) is 31.0 cm³/mol. The Balaban J connectivity index is 2.30. The average Bonchev–Trinajstić information content (AvgIpc) is 2.34. The van der Waals surface area contributed by atoms with Crippen LogP contribution in [0, 0.1) is 6.20 Å². The highest BCUT2D eigenvalue weighted by atomic mass is 16.5. The molecule has 0 fully saturated rings. The van der Waals surface area contributed by atoms with Gasteiger partial charge in [0.1, 0.15) is 0 Å². The molecule has 1 N–H and O–H groups in total. The quantitative estimate of drug-likeness (QED) is 0.637. The van der Waals surface area contributed by atoms with Crippen molar-refractivity contribution in [2.75, 3.05) is 6.61 Å². The maximum absolute atomic E-state index is 5.06. The number of nitrogens with zero attached hydrogens (tertiary/aromatic N) is 2. The Kier molecular flexibility index (Phi) is 2.06. The number of nitrogens with one attached hydrogen (secondary N) is 1. The lowest BCUT2D eigenvalue weighted by molar-refractivity contribution is 0.304. The van der Waals surface area contributed by atoms with Crippen LogP contribution >= 0.6 is 0 Å². The first-order chi connectivity index (χ1) is 4.43. The molecule has 0 aliphatic heterocycles. The standard InChI is InChI=1S/C5H8N3O/c1-2-3-9-5-4-6-8-7-5/h2-3H2,1H3,(H,6,7,8). The second-order valence-electron chi connectivity index (χ2n) is 1.60. The molecule has 0 amide bonds. The maximum atomic E-state index is 5.06. The summed E-state index contributed by atoms with van der Waals surface area (Å²) in [5, 5.41) is 9.37. The first-order valence-corrected chi connectivity index (χ1v) is 2.85. The van der Waals surface area contributed by atoms with Crippen molar-refractivity contribution in [1.29, 1.82) is 0 Å². The van der Waals surface area contributed by atoms with E-state index >= 15 is 0 Å². The van der Waals surface area contributed by atoms with Gasteiger partial charge in [0.25, 0.3) is 0 Å². The molecule has 0 unspecified atom stereocenters. The van der Waals surface area contributed by atoms with Crippen LogP contribution < -0.4 is 4.74 Å². The van der Waals surface area contributed by atoms with Gasteiger partial charge in [0.2, 0.25) is 5.88 Å². The van der Waals surface area contributed by atoms with Crippen molar-refractivity contribution >= 4 is 0 Å². The lowest BCUT2D eigenvalue weighted by atomic mass is 10.5. The van der Waals surface area contributed by atoms with Crippen molar-refractivity contribution in [3.05, 3.63) is 6.20 Å². The molecule has 4 nitrogen and oxygen atoms in total. The molecule has 4 heteroatoms. The molecule has 1 aromatic rings. The molecule has 0 atom stereocenters. The van der Waals surface area contributed by atoms with E-state index in [1.165, 1.54) is 0 Å². The van der Waals surface area contributed by atoms with Gasteiger partial charge in [0.05, 0.1) is 6.61 Å². The number of rotatable bonds is 3. The minimum absolute atomic E-state index is 0.511. The molecule has 0 saturated heterocycles. The second kappa shape index (κ2) is 3.06. The summed E-state index contributed by atoms with van der Waals surface area (Å²) in [6, 6.07) is 0. The molecule has 1 heterocycles. The van der Waals surface area contributed by atoms with Gasteiger partial charge in [-0.2, -0.15) is 0 Å². The van der Waals surface area contributed by atoms with E-state index in [0.717, 1.165) is 6.42 Å². The minimum Gasteiger partial charge on any atom is -0.476 e. The third kappa shape index (κ3) is 1.71. The van der Waals surface area contributed by atoms with Crippen LogP contribution in [0.3, 0.4) is 0 Å². The molecule has 0 aliphatic rings. The lowest BCUT2D eigenvalue weighted by Gasteiger charge is -1.95. The molecule has 1 aromatic heterocycles. The molecule has 9 heavy (non-hydrogen) atoms. The van der Waals surface area contributed by atoms with Crippen LogP contribution in [-0.4, -0.2) is 22.0 Å². The molecule has 0 bridgehead atoms. The van der Waals surface area contributed by atoms with Crippen LogP contribution in [0.2, 0.25) is 0 Å². The third-order valence-electron chi connectivity index (χ3n) is 0.804. The highest BCUT2D eigenvalue weighted by Crippen LogP contribution is 1.97. The summed E-state index contributed by atoms with van der Waals surface area (Å²) in [5.74, 6) is 0.511. The molecule has 1 radical (unpaired) electrons. The topological polar surface area (TPSA) is 50.8 Å². The Hall–Kier alpha value is -1.06. The van der Waals surface area contributed by atoms with Crippen LogP contribution in [0.15, 0.2) is 0 Å². The Bertz CT molecular complexity index is 149. The number of hydrogen-bond acceptors (Lipinski definition) is 3. The van der Waals surface area contributed by atoms with Gasteiger partial charge in [-0.1, -0.05) is 12.1 Å². The molecule has 49 valence electrons. The number of ether oxygens (including phenoxy) is 1. The van der Waals surface area contributed by atoms with Crippen molar-refractivity contribution in [2.45, 2.75) is 13.3 Å². The Morgan fingerprint density at radius 3 is 3.22 bits per heavy atom.